The standard InChI is InChI=1S/C24H28N6O/c1-5-8-22-17(4)30(16(2)3)24(31)29(22)15-18-11-13-19(14-12-18)20-9-6-7-10-21(20)23-25-27-28-26-23/h6-7,9-14,16H,5,8,15H2,1-4H3,(H,25,26,27,28). The molecule has 7 heteroatoms. The highest BCUT2D eigenvalue weighted by Gasteiger charge is 2.18. The molecule has 0 aliphatic rings. The van der Waals surface area contributed by atoms with E-state index in [-0.39, 0.29) is 11.7 Å². The summed E-state index contributed by atoms with van der Waals surface area (Å²) in [6.45, 7) is 8.90. The number of aromatic amines is 1. The first kappa shape index (κ1) is 20.8. The lowest BCUT2D eigenvalue weighted by Gasteiger charge is -2.10. The number of nitrogens with zero attached hydrogens (tertiary/aromatic N) is 5. The average Bonchev–Trinajstić information content (AvgIpc) is 3.38. The molecule has 0 aliphatic carbocycles. The minimum Gasteiger partial charge on any atom is -0.294 e. The fraction of sp³-hybridized carbons (Fsp3) is 0.333. The van der Waals surface area contributed by atoms with E-state index in [0.717, 1.165) is 46.5 Å². The number of tetrazole rings is 1. The zero-order chi connectivity index (χ0) is 22.0. The van der Waals surface area contributed by atoms with E-state index in [0.29, 0.717) is 12.4 Å². The Morgan fingerprint density at radius 2 is 1.74 bits per heavy atom. The van der Waals surface area contributed by atoms with E-state index in [9.17, 15) is 4.79 Å². The molecule has 0 atom stereocenters. The molecule has 0 radical (unpaired) electrons. The van der Waals surface area contributed by atoms with E-state index in [1.165, 1.54) is 0 Å². The van der Waals surface area contributed by atoms with E-state index in [1.807, 2.05) is 27.3 Å². The fourth-order valence-electron chi connectivity index (χ4n) is 4.23. The van der Waals surface area contributed by atoms with E-state index >= 15 is 0 Å². The van der Waals surface area contributed by atoms with Crippen LogP contribution < -0.4 is 5.69 Å². The van der Waals surface area contributed by atoms with Crippen molar-refractivity contribution in [3.05, 3.63) is 76.0 Å². The second kappa shape index (κ2) is 8.71. The monoisotopic (exact) mass is 416 g/mol. The average molecular weight is 417 g/mol. The van der Waals surface area contributed by atoms with E-state index in [4.69, 9.17) is 0 Å². The normalized spacial score (nSPS) is 11.4. The molecule has 0 saturated heterocycles. The molecule has 2 heterocycles. The first-order valence-electron chi connectivity index (χ1n) is 10.7. The summed E-state index contributed by atoms with van der Waals surface area (Å²) in [5.74, 6) is 0.570. The first-order valence-corrected chi connectivity index (χ1v) is 10.7. The molecule has 7 nitrogen and oxygen atoms in total. The summed E-state index contributed by atoms with van der Waals surface area (Å²) in [4.78, 5) is 13.1. The van der Waals surface area contributed by atoms with Crippen LogP contribution in [0.4, 0.5) is 0 Å². The molecule has 31 heavy (non-hydrogen) atoms. The van der Waals surface area contributed by atoms with Crippen molar-refractivity contribution < 1.29 is 0 Å². The smallest absolute Gasteiger partial charge is 0.294 e. The molecule has 0 bridgehead atoms. The molecule has 0 aliphatic heterocycles. The number of H-pyrrole nitrogens is 1. The Balaban J connectivity index is 1.67. The molecule has 2 aromatic carbocycles. The van der Waals surface area contributed by atoms with Gasteiger partial charge < -0.3 is 0 Å². The molecule has 0 unspecified atom stereocenters. The molecule has 0 spiro atoms. The van der Waals surface area contributed by atoms with Crippen LogP contribution in [0.2, 0.25) is 0 Å². The van der Waals surface area contributed by atoms with Crippen LogP contribution in [-0.2, 0) is 13.0 Å². The Bertz CT molecular complexity index is 1220. The summed E-state index contributed by atoms with van der Waals surface area (Å²) in [6, 6.07) is 16.5. The fourth-order valence-corrected chi connectivity index (χ4v) is 4.23. The van der Waals surface area contributed by atoms with Gasteiger partial charge in [-0.2, -0.15) is 5.21 Å². The van der Waals surface area contributed by atoms with Gasteiger partial charge in [0.05, 0.1) is 6.54 Å². The maximum atomic E-state index is 13.1. The Labute approximate surface area is 181 Å². The lowest BCUT2D eigenvalue weighted by molar-refractivity contribution is 0.550. The maximum Gasteiger partial charge on any atom is 0.329 e. The van der Waals surface area contributed by atoms with Crippen molar-refractivity contribution in [2.75, 3.05) is 0 Å². The lowest BCUT2D eigenvalue weighted by Crippen LogP contribution is -2.27. The number of nitrogens with one attached hydrogen (secondary N) is 1. The molecule has 1 N–H and O–H groups in total. The number of aromatic nitrogens is 6. The Hall–Kier alpha value is -3.48. The topological polar surface area (TPSA) is 81.4 Å². The van der Waals surface area contributed by atoms with Crippen LogP contribution >= 0.6 is 0 Å². The summed E-state index contributed by atoms with van der Waals surface area (Å²) in [5, 5.41) is 14.4. The molecule has 2 aromatic heterocycles. The first-order chi connectivity index (χ1) is 15.0. The van der Waals surface area contributed by atoms with Crippen LogP contribution in [-0.4, -0.2) is 29.8 Å². The zero-order valence-corrected chi connectivity index (χ0v) is 18.5. The molecular formula is C24H28N6O. The van der Waals surface area contributed by atoms with Crippen LogP contribution in [0.3, 0.4) is 0 Å². The third-order valence-electron chi connectivity index (χ3n) is 5.66. The van der Waals surface area contributed by atoms with E-state index in [2.05, 4.69) is 78.7 Å². The lowest BCUT2D eigenvalue weighted by atomic mass is 9.98. The van der Waals surface area contributed by atoms with Gasteiger partial charge in [-0.15, -0.1) is 10.2 Å². The van der Waals surface area contributed by atoms with Crippen LogP contribution in [0.5, 0.6) is 0 Å². The van der Waals surface area contributed by atoms with Gasteiger partial charge in [-0.05, 0) is 49.1 Å². The summed E-state index contributed by atoms with van der Waals surface area (Å²) < 4.78 is 3.83. The Morgan fingerprint density at radius 1 is 1.03 bits per heavy atom. The van der Waals surface area contributed by atoms with E-state index < -0.39 is 0 Å². The molecule has 0 amide bonds. The van der Waals surface area contributed by atoms with Crippen molar-refractivity contribution in [1.29, 1.82) is 0 Å². The second-order valence-electron chi connectivity index (χ2n) is 8.09. The molecule has 0 fully saturated rings. The zero-order valence-electron chi connectivity index (χ0n) is 18.5. The predicted molar refractivity (Wildman–Crippen MR) is 122 cm³/mol. The van der Waals surface area contributed by atoms with Crippen molar-refractivity contribution in [3.8, 4) is 22.5 Å². The highest BCUT2D eigenvalue weighted by atomic mass is 16.1. The van der Waals surface area contributed by atoms with Crippen molar-refractivity contribution in [2.45, 2.75) is 53.1 Å². The minimum absolute atomic E-state index is 0.0717. The van der Waals surface area contributed by atoms with Gasteiger partial charge in [-0.3, -0.25) is 9.13 Å². The Morgan fingerprint density at radius 3 is 2.35 bits per heavy atom. The highest BCUT2D eigenvalue weighted by Crippen LogP contribution is 2.29. The van der Waals surface area contributed by atoms with Gasteiger partial charge in [0.1, 0.15) is 0 Å². The van der Waals surface area contributed by atoms with Gasteiger partial charge in [0, 0.05) is 23.0 Å². The van der Waals surface area contributed by atoms with Crippen LogP contribution in [0.1, 0.15) is 50.2 Å². The van der Waals surface area contributed by atoms with Gasteiger partial charge in [-0.1, -0.05) is 61.9 Å². The van der Waals surface area contributed by atoms with Crippen LogP contribution in [0.25, 0.3) is 22.5 Å². The quantitative estimate of drug-likeness (QED) is 0.484. The summed E-state index contributed by atoms with van der Waals surface area (Å²) in [7, 11) is 0. The second-order valence-corrected chi connectivity index (χ2v) is 8.09. The third-order valence-corrected chi connectivity index (χ3v) is 5.66. The van der Waals surface area contributed by atoms with Gasteiger partial charge in [0.15, 0.2) is 0 Å². The van der Waals surface area contributed by atoms with Gasteiger partial charge in [0.2, 0.25) is 5.82 Å². The van der Waals surface area contributed by atoms with Crippen molar-refractivity contribution >= 4 is 0 Å². The molecule has 0 saturated carbocycles. The largest absolute Gasteiger partial charge is 0.329 e. The summed E-state index contributed by atoms with van der Waals surface area (Å²) in [6.07, 6.45) is 1.91. The predicted octanol–water partition coefficient (Wildman–Crippen LogP) is 4.39. The number of hydrogen-bond acceptors (Lipinski definition) is 4. The maximum absolute atomic E-state index is 13.1. The number of imidazole rings is 1. The SMILES string of the molecule is CCCc1c(C)n(C(C)C)c(=O)n1Cc1ccc(-c2ccccc2-c2nn[nH]n2)cc1. The highest BCUT2D eigenvalue weighted by molar-refractivity contribution is 5.80. The molecule has 160 valence electrons. The van der Waals surface area contributed by atoms with Gasteiger partial charge in [-0.25, -0.2) is 4.79 Å². The Kier molecular flexibility index (Phi) is 5.84. The van der Waals surface area contributed by atoms with Crippen LogP contribution in [0, 0.1) is 6.92 Å². The molecule has 4 aromatic rings. The van der Waals surface area contributed by atoms with Gasteiger partial charge in [0.25, 0.3) is 0 Å². The van der Waals surface area contributed by atoms with E-state index in [1.54, 1.807) is 0 Å². The van der Waals surface area contributed by atoms with Crippen molar-refractivity contribution in [3.63, 3.8) is 0 Å². The third kappa shape index (κ3) is 3.95. The number of benzene rings is 2. The van der Waals surface area contributed by atoms with Crippen molar-refractivity contribution in [2.24, 2.45) is 0 Å². The number of rotatable bonds is 7. The van der Waals surface area contributed by atoms with Crippen LogP contribution in [0.15, 0.2) is 53.3 Å². The minimum atomic E-state index is 0.0717. The van der Waals surface area contributed by atoms with Crippen molar-refractivity contribution in [1.82, 2.24) is 29.8 Å². The molecule has 4 rings (SSSR count). The summed E-state index contributed by atoms with van der Waals surface area (Å²) >= 11 is 0. The summed E-state index contributed by atoms with van der Waals surface area (Å²) in [5.41, 5.74) is 6.42. The number of hydrogen-bond donors (Lipinski definition) is 1. The molecular weight excluding hydrogens is 388 g/mol. The van der Waals surface area contributed by atoms with Gasteiger partial charge >= 0.3 is 5.69 Å².